The van der Waals surface area contributed by atoms with Crippen LogP contribution >= 0.6 is 27.5 Å². The van der Waals surface area contributed by atoms with E-state index in [0.717, 1.165) is 21.2 Å². The number of halogens is 2. The summed E-state index contributed by atoms with van der Waals surface area (Å²) in [5.41, 5.74) is 2.97. The maximum atomic E-state index is 13.4. The lowest BCUT2D eigenvalue weighted by atomic mass is 10.0. The molecule has 1 N–H and O–H groups in total. The average Bonchev–Trinajstić information content (AvgIpc) is 2.82. The maximum Gasteiger partial charge on any atom is 0.261 e. The first-order chi connectivity index (χ1) is 15.9. The summed E-state index contributed by atoms with van der Waals surface area (Å²) < 4.78 is 6.56. The molecule has 0 heterocycles. The van der Waals surface area contributed by atoms with Crippen LogP contribution in [0.3, 0.4) is 0 Å². The summed E-state index contributed by atoms with van der Waals surface area (Å²) >= 11 is 9.60. The number of likely N-dealkylation sites (N-methyl/N-ethyl adjacent to an activating group) is 1. The van der Waals surface area contributed by atoms with Gasteiger partial charge in [0.1, 0.15) is 11.8 Å². The van der Waals surface area contributed by atoms with Gasteiger partial charge in [-0.05, 0) is 41.8 Å². The van der Waals surface area contributed by atoms with Crippen molar-refractivity contribution in [1.82, 2.24) is 10.2 Å². The largest absolute Gasteiger partial charge is 0.482 e. The van der Waals surface area contributed by atoms with Crippen LogP contribution in [0.2, 0.25) is 5.02 Å². The van der Waals surface area contributed by atoms with Crippen LogP contribution in [0.15, 0.2) is 77.3 Å². The number of rotatable bonds is 9. The number of ether oxygens (including phenoxy) is 1. The highest BCUT2D eigenvalue weighted by Crippen LogP contribution is 2.28. The van der Waals surface area contributed by atoms with Crippen molar-refractivity contribution in [3.8, 4) is 5.75 Å². The van der Waals surface area contributed by atoms with Crippen LogP contribution < -0.4 is 10.1 Å². The maximum absolute atomic E-state index is 13.4. The molecule has 0 spiro atoms. The summed E-state index contributed by atoms with van der Waals surface area (Å²) in [6.07, 6.45) is 0.386. The molecule has 2 amide bonds. The van der Waals surface area contributed by atoms with Crippen LogP contribution in [0.4, 0.5) is 0 Å². The SMILES string of the molecule is CNC(=O)[C@H](Cc1ccccc1)N(Cc1ccccc1C)C(=O)COc1ccc(Br)cc1Cl. The summed E-state index contributed by atoms with van der Waals surface area (Å²) in [6.45, 7) is 2.03. The molecule has 3 aromatic rings. The second kappa shape index (κ2) is 11.9. The second-order valence-corrected chi connectivity index (χ2v) is 8.95. The van der Waals surface area contributed by atoms with E-state index in [1.165, 1.54) is 0 Å². The molecule has 7 heteroatoms. The fourth-order valence-corrected chi connectivity index (χ4v) is 4.23. The van der Waals surface area contributed by atoms with Gasteiger partial charge in [0.25, 0.3) is 5.91 Å². The van der Waals surface area contributed by atoms with Crippen LogP contribution in [0.25, 0.3) is 0 Å². The molecule has 172 valence electrons. The van der Waals surface area contributed by atoms with E-state index in [-0.39, 0.29) is 25.0 Å². The summed E-state index contributed by atoms with van der Waals surface area (Å²) in [5.74, 6) is -0.132. The molecule has 0 fully saturated rings. The van der Waals surface area contributed by atoms with Gasteiger partial charge in [0.2, 0.25) is 5.91 Å². The van der Waals surface area contributed by atoms with Crippen LogP contribution in [0.5, 0.6) is 5.75 Å². The van der Waals surface area contributed by atoms with Gasteiger partial charge in [0, 0.05) is 24.5 Å². The number of carbonyl (C=O) groups excluding carboxylic acids is 2. The molecule has 0 saturated carbocycles. The number of hydrogen-bond acceptors (Lipinski definition) is 3. The van der Waals surface area contributed by atoms with E-state index >= 15 is 0 Å². The number of carbonyl (C=O) groups is 2. The Morgan fingerprint density at radius 1 is 1.06 bits per heavy atom. The fourth-order valence-electron chi connectivity index (χ4n) is 3.51. The van der Waals surface area contributed by atoms with Crippen molar-refractivity contribution in [3.05, 3.63) is 99.0 Å². The average molecular weight is 530 g/mol. The zero-order valence-electron chi connectivity index (χ0n) is 18.6. The van der Waals surface area contributed by atoms with E-state index < -0.39 is 6.04 Å². The van der Waals surface area contributed by atoms with E-state index in [9.17, 15) is 9.59 Å². The highest BCUT2D eigenvalue weighted by atomic mass is 79.9. The normalized spacial score (nSPS) is 11.5. The van der Waals surface area contributed by atoms with Gasteiger partial charge in [-0.2, -0.15) is 0 Å². The predicted molar refractivity (Wildman–Crippen MR) is 134 cm³/mol. The zero-order valence-corrected chi connectivity index (χ0v) is 20.9. The van der Waals surface area contributed by atoms with Gasteiger partial charge in [0.15, 0.2) is 6.61 Å². The quantitative estimate of drug-likeness (QED) is 0.416. The highest BCUT2D eigenvalue weighted by Gasteiger charge is 2.30. The first-order valence-corrected chi connectivity index (χ1v) is 11.7. The third kappa shape index (κ3) is 6.83. The third-order valence-corrected chi connectivity index (χ3v) is 6.15. The summed E-state index contributed by atoms with van der Waals surface area (Å²) in [7, 11) is 1.58. The van der Waals surface area contributed by atoms with E-state index in [1.807, 2.05) is 61.5 Å². The zero-order chi connectivity index (χ0) is 23.8. The van der Waals surface area contributed by atoms with Crippen LogP contribution in [0.1, 0.15) is 16.7 Å². The van der Waals surface area contributed by atoms with Crippen molar-refractivity contribution in [1.29, 1.82) is 0 Å². The Morgan fingerprint density at radius 2 is 1.76 bits per heavy atom. The number of nitrogens with zero attached hydrogens (tertiary/aromatic N) is 1. The molecular formula is C26H26BrClN2O3. The molecule has 0 radical (unpaired) electrons. The summed E-state index contributed by atoms with van der Waals surface area (Å²) in [5, 5.41) is 3.11. The van der Waals surface area contributed by atoms with Gasteiger partial charge in [-0.3, -0.25) is 9.59 Å². The molecule has 0 aliphatic carbocycles. The second-order valence-electron chi connectivity index (χ2n) is 7.63. The van der Waals surface area contributed by atoms with Gasteiger partial charge in [-0.1, -0.05) is 82.1 Å². The standard InChI is InChI=1S/C26H26BrClN2O3/c1-18-8-6-7-11-20(18)16-30(23(26(32)29-2)14-19-9-4-3-5-10-19)25(31)17-33-24-13-12-21(27)15-22(24)28/h3-13,15,23H,14,16-17H2,1-2H3,(H,29,32)/t23-/m0/s1. The van der Waals surface area contributed by atoms with E-state index in [1.54, 1.807) is 30.1 Å². The van der Waals surface area contributed by atoms with Crippen molar-refractivity contribution in [2.45, 2.75) is 25.9 Å². The number of aryl methyl sites for hydroxylation is 1. The van der Waals surface area contributed by atoms with Crippen LogP contribution in [-0.4, -0.2) is 36.4 Å². The highest BCUT2D eigenvalue weighted by molar-refractivity contribution is 9.10. The minimum Gasteiger partial charge on any atom is -0.482 e. The Hall–Kier alpha value is -2.83. The van der Waals surface area contributed by atoms with E-state index in [4.69, 9.17) is 16.3 Å². The Balaban J connectivity index is 1.89. The van der Waals surface area contributed by atoms with E-state index in [0.29, 0.717) is 17.2 Å². The fraction of sp³-hybridized carbons (Fsp3) is 0.231. The molecule has 0 aliphatic heterocycles. The van der Waals surface area contributed by atoms with Gasteiger partial charge >= 0.3 is 0 Å². The Kier molecular flexibility index (Phi) is 8.92. The molecular weight excluding hydrogens is 504 g/mol. The minimum atomic E-state index is -0.700. The lowest BCUT2D eigenvalue weighted by molar-refractivity contribution is -0.142. The van der Waals surface area contributed by atoms with Gasteiger partial charge < -0.3 is 15.0 Å². The molecule has 0 bridgehead atoms. The van der Waals surface area contributed by atoms with Gasteiger partial charge in [-0.15, -0.1) is 0 Å². The molecule has 1 atom stereocenters. The third-order valence-electron chi connectivity index (χ3n) is 5.36. The topological polar surface area (TPSA) is 58.6 Å². The number of benzene rings is 3. The van der Waals surface area contributed by atoms with Crippen molar-refractivity contribution in [2.24, 2.45) is 0 Å². The Labute approximate surface area is 207 Å². The molecule has 5 nitrogen and oxygen atoms in total. The number of hydrogen-bond donors (Lipinski definition) is 1. The van der Waals surface area contributed by atoms with Gasteiger partial charge in [0.05, 0.1) is 5.02 Å². The predicted octanol–water partition coefficient (Wildman–Crippen LogP) is 5.18. The summed E-state index contributed by atoms with van der Waals surface area (Å²) in [4.78, 5) is 27.9. The molecule has 33 heavy (non-hydrogen) atoms. The summed E-state index contributed by atoms with van der Waals surface area (Å²) in [6, 6.07) is 22.0. The van der Waals surface area contributed by atoms with Crippen molar-refractivity contribution in [2.75, 3.05) is 13.7 Å². The molecule has 3 rings (SSSR count). The Bertz CT molecular complexity index is 1110. The van der Waals surface area contributed by atoms with Crippen LogP contribution in [-0.2, 0) is 22.6 Å². The monoisotopic (exact) mass is 528 g/mol. The van der Waals surface area contributed by atoms with Crippen molar-refractivity contribution < 1.29 is 14.3 Å². The first-order valence-electron chi connectivity index (χ1n) is 10.6. The number of amides is 2. The first kappa shape index (κ1) is 24.8. The van der Waals surface area contributed by atoms with E-state index in [2.05, 4.69) is 21.2 Å². The Morgan fingerprint density at radius 3 is 2.42 bits per heavy atom. The van der Waals surface area contributed by atoms with Crippen molar-refractivity contribution in [3.63, 3.8) is 0 Å². The molecule has 0 aliphatic rings. The molecule has 3 aromatic carbocycles. The smallest absolute Gasteiger partial charge is 0.261 e. The molecule has 0 saturated heterocycles. The molecule has 0 unspecified atom stereocenters. The lowest BCUT2D eigenvalue weighted by Gasteiger charge is -2.31. The van der Waals surface area contributed by atoms with Crippen LogP contribution in [0, 0.1) is 6.92 Å². The lowest BCUT2D eigenvalue weighted by Crippen LogP contribution is -2.51. The van der Waals surface area contributed by atoms with Gasteiger partial charge in [-0.25, -0.2) is 0 Å². The number of nitrogens with one attached hydrogen (secondary N) is 1. The minimum absolute atomic E-state index is 0.234. The van der Waals surface area contributed by atoms with Crippen molar-refractivity contribution >= 4 is 39.3 Å². The molecule has 0 aromatic heterocycles.